The van der Waals surface area contributed by atoms with Crippen molar-refractivity contribution >= 4 is 50.4 Å². The molecule has 8 N–H and O–H groups in total. The Kier molecular flexibility index (Phi) is 10.2. The van der Waals surface area contributed by atoms with Gasteiger partial charge in [-0.2, -0.15) is 13.5 Å². The lowest BCUT2D eigenvalue weighted by Crippen LogP contribution is -2.76. The number of benzene rings is 1. The number of hydrogen-bond acceptors (Lipinski definition) is 15. The second-order valence-corrected chi connectivity index (χ2v) is 13.8. The van der Waals surface area contributed by atoms with E-state index < -0.39 is 39.9 Å². The van der Waals surface area contributed by atoms with E-state index in [1.165, 1.54) is 24.8 Å². The van der Waals surface area contributed by atoms with Crippen molar-refractivity contribution in [3.63, 3.8) is 0 Å². The number of ether oxygens (including phenoxy) is 1. The Morgan fingerprint density at radius 2 is 2.17 bits per heavy atom. The van der Waals surface area contributed by atoms with E-state index in [0.717, 1.165) is 54.5 Å². The average molecular weight is 694 g/mol. The molecule has 47 heavy (non-hydrogen) atoms. The molecule has 0 bridgehead atoms. The molecule has 2 aromatic rings. The minimum Gasteiger partial charge on any atom is -0.486 e. The van der Waals surface area contributed by atoms with Crippen molar-refractivity contribution in [2.75, 3.05) is 31.9 Å². The average Bonchev–Trinajstić information content (AvgIpc) is 3.47. The first-order valence-electron chi connectivity index (χ1n) is 15.1. The van der Waals surface area contributed by atoms with Crippen molar-refractivity contribution in [3.05, 3.63) is 40.4 Å². The molecule has 17 nitrogen and oxygen atoms in total. The number of nitrogens with zero attached hydrogens (tertiary/aromatic N) is 4. The summed E-state index contributed by atoms with van der Waals surface area (Å²) >= 11 is 1.08. The first kappa shape index (κ1) is 34.3. The number of aliphatic imine (C=N–C) groups is 1. The first-order valence-corrected chi connectivity index (χ1v) is 17.3. The van der Waals surface area contributed by atoms with Gasteiger partial charge in [0.2, 0.25) is 0 Å². The molecule has 3 aliphatic heterocycles. The highest BCUT2D eigenvalue weighted by atomic mass is 32.3. The fourth-order valence-electron chi connectivity index (χ4n) is 5.43. The third-order valence-electron chi connectivity index (χ3n) is 8.13. The third kappa shape index (κ3) is 7.92. The van der Waals surface area contributed by atoms with Crippen LogP contribution in [0.4, 0.5) is 5.13 Å². The molecule has 0 saturated carbocycles. The molecular weight excluding hydrogens is 654 g/mol. The van der Waals surface area contributed by atoms with Crippen LogP contribution in [0.2, 0.25) is 0 Å². The zero-order chi connectivity index (χ0) is 33.9. The minimum absolute atomic E-state index is 0.121. The fraction of sp³-hybridized carbons (Fsp3) is 0.536. The molecular formula is C28H39N9O8S2. The van der Waals surface area contributed by atoms with Crippen LogP contribution in [-0.2, 0) is 35.5 Å². The van der Waals surface area contributed by atoms with Crippen LogP contribution in [-0.4, -0.2) is 96.5 Å². The molecule has 1 unspecified atom stereocenters. The van der Waals surface area contributed by atoms with Gasteiger partial charge in [-0.3, -0.25) is 19.1 Å². The van der Waals surface area contributed by atoms with E-state index in [2.05, 4.69) is 41.4 Å². The number of nitrogens with two attached hydrogens (primary N) is 2. The predicted molar refractivity (Wildman–Crippen MR) is 173 cm³/mol. The van der Waals surface area contributed by atoms with E-state index in [9.17, 15) is 18.0 Å². The normalized spacial score (nSPS) is 23.0. The van der Waals surface area contributed by atoms with Gasteiger partial charge in [-0.25, -0.2) is 4.98 Å². The number of carbonyl (C=O) groups is 2. The molecule has 19 heteroatoms. The van der Waals surface area contributed by atoms with Gasteiger partial charge >= 0.3 is 10.4 Å². The van der Waals surface area contributed by atoms with Gasteiger partial charge in [-0.05, 0) is 63.8 Å². The number of aromatic nitrogens is 1. The molecule has 5 rings (SSSR count). The van der Waals surface area contributed by atoms with E-state index in [-0.39, 0.29) is 28.6 Å². The lowest BCUT2D eigenvalue weighted by molar-refractivity contribution is -0.218. The summed E-state index contributed by atoms with van der Waals surface area (Å²) in [6, 6.07) is 4.95. The van der Waals surface area contributed by atoms with Crippen molar-refractivity contribution < 1.29 is 36.4 Å². The van der Waals surface area contributed by atoms with Crippen molar-refractivity contribution in [2.24, 2.45) is 15.9 Å². The molecule has 1 fully saturated rings. The SMILES string of the molecule is C[C@H](O/N=C(\C(=O)N[C@@H]1C(=O)N(OS(=O)(=O)O)C1(C)C)c1csc(N)n1)[C@H]1CCc2cc(C3CN=C(NCCCN)NC3)ccc2O1. The zero-order valence-corrected chi connectivity index (χ0v) is 27.8. The molecule has 0 radical (unpaired) electrons. The van der Waals surface area contributed by atoms with Gasteiger partial charge in [-0.15, -0.1) is 15.6 Å². The number of hydroxylamine groups is 2. The Bertz CT molecular complexity index is 1660. The fourth-order valence-corrected chi connectivity index (χ4v) is 6.43. The maximum absolute atomic E-state index is 13.3. The molecule has 2 amide bonds. The smallest absolute Gasteiger partial charge is 0.418 e. The van der Waals surface area contributed by atoms with E-state index in [1.54, 1.807) is 6.92 Å². The Morgan fingerprint density at radius 1 is 1.38 bits per heavy atom. The van der Waals surface area contributed by atoms with Gasteiger partial charge < -0.3 is 37.0 Å². The second-order valence-electron chi connectivity index (χ2n) is 11.9. The van der Waals surface area contributed by atoms with Gasteiger partial charge in [-0.1, -0.05) is 17.3 Å². The summed E-state index contributed by atoms with van der Waals surface area (Å²) in [6.45, 7) is 7.51. The number of amides is 2. The minimum atomic E-state index is -4.96. The van der Waals surface area contributed by atoms with Crippen molar-refractivity contribution in [1.82, 2.24) is 26.0 Å². The quantitative estimate of drug-likeness (QED) is 0.0566. The Labute approximate surface area is 276 Å². The van der Waals surface area contributed by atoms with E-state index >= 15 is 0 Å². The zero-order valence-electron chi connectivity index (χ0n) is 26.1. The number of nitrogen functional groups attached to an aromatic ring is 1. The molecule has 1 aromatic carbocycles. The van der Waals surface area contributed by atoms with Crippen molar-refractivity contribution in [1.29, 1.82) is 0 Å². The van der Waals surface area contributed by atoms with E-state index in [1.807, 2.05) is 12.1 Å². The van der Waals surface area contributed by atoms with Crippen LogP contribution < -0.4 is 32.2 Å². The number of carbonyl (C=O) groups excluding carboxylic acids is 2. The van der Waals surface area contributed by atoms with Crippen molar-refractivity contribution in [3.8, 4) is 5.75 Å². The number of guanidine groups is 1. The standard InChI is InChI=1S/C28H39N9O8S2/c1-15(20-7-6-17-11-16(5-8-21(17)43-20)18-12-32-27(33-13-18)31-10-4-9-29)44-36-22(19-14-46-26(30)34-19)24(38)35-23-25(39)37(28(23,2)3)45-47(40,41)42/h5,8,11,14-15,18,20,23H,4,6-7,9-10,12-13,29H2,1-3H3,(H2,30,34)(H,35,38)(H2,31,32,33)(H,40,41,42)/b36-22-/t15-,20+,23+/m0/s1. The van der Waals surface area contributed by atoms with Crippen LogP contribution in [0.5, 0.6) is 5.75 Å². The molecule has 3 aliphatic rings. The molecule has 0 aliphatic carbocycles. The number of hydrogen-bond donors (Lipinski definition) is 6. The van der Waals surface area contributed by atoms with Gasteiger partial charge in [0, 0.05) is 24.4 Å². The summed E-state index contributed by atoms with van der Waals surface area (Å²) in [4.78, 5) is 40.4. The number of thiazole rings is 1. The lowest BCUT2D eigenvalue weighted by Gasteiger charge is -2.50. The number of fused-ring (bicyclic) bond motifs is 1. The number of rotatable bonds is 12. The Morgan fingerprint density at radius 3 is 2.81 bits per heavy atom. The predicted octanol–water partition coefficient (Wildman–Crippen LogP) is 0.0495. The topological polar surface area (TPSA) is 245 Å². The van der Waals surface area contributed by atoms with Crippen LogP contribution in [0.15, 0.2) is 33.7 Å². The highest BCUT2D eigenvalue weighted by molar-refractivity contribution is 7.80. The number of nitrogens with one attached hydrogen (secondary N) is 3. The first-order chi connectivity index (χ1) is 22.3. The number of oxime groups is 1. The Hall–Kier alpha value is -4.04. The number of β-lactam (4-membered cyclic amide) rings is 1. The van der Waals surface area contributed by atoms with Gasteiger partial charge in [0.05, 0.1) is 12.1 Å². The summed E-state index contributed by atoms with van der Waals surface area (Å²) in [5, 5.41) is 15.4. The second kappa shape index (κ2) is 14.0. The number of anilines is 1. The van der Waals surface area contributed by atoms with Crippen LogP contribution >= 0.6 is 11.3 Å². The Balaban J connectivity index is 1.22. The van der Waals surface area contributed by atoms with Crippen LogP contribution in [0.25, 0.3) is 0 Å². The summed E-state index contributed by atoms with van der Waals surface area (Å²) in [7, 11) is -4.96. The molecule has 1 saturated heterocycles. The third-order valence-corrected chi connectivity index (χ3v) is 9.14. The summed E-state index contributed by atoms with van der Waals surface area (Å²) < 4.78 is 41.9. The summed E-state index contributed by atoms with van der Waals surface area (Å²) in [6.07, 6.45) is 1.32. The van der Waals surface area contributed by atoms with Gasteiger partial charge in [0.1, 0.15) is 23.6 Å². The van der Waals surface area contributed by atoms with Gasteiger partial charge in [0.25, 0.3) is 11.8 Å². The van der Waals surface area contributed by atoms with Gasteiger partial charge in [0.15, 0.2) is 22.9 Å². The molecule has 256 valence electrons. The summed E-state index contributed by atoms with van der Waals surface area (Å²) in [5.74, 6) is 0.0681. The van der Waals surface area contributed by atoms with Crippen LogP contribution in [0, 0.1) is 0 Å². The van der Waals surface area contributed by atoms with E-state index in [4.69, 9.17) is 25.6 Å². The largest absolute Gasteiger partial charge is 0.486 e. The lowest BCUT2D eigenvalue weighted by atomic mass is 9.84. The number of aryl methyl sites for hydroxylation is 1. The molecule has 1 aromatic heterocycles. The molecule has 4 heterocycles. The monoisotopic (exact) mass is 693 g/mol. The van der Waals surface area contributed by atoms with E-state index in [0.29, 0.717) is 24.6 Å². The maximum Gasteiger partial charge on any atom is 0.418 e. The van der Waals surface area contributed by atoms with Crippen LogP contribution in [0.3, 0.4) is 0 Å². The highest BCUT2D eigenvalue weighted by Crippen LogP contribution is 2.34. The van der Waals surface area contributed by atoms with Crippen LogP contribution in [0.1, 0.15) is 56.4 Å². The molecule has 4 atom stereocenters. The highest BCUT2D eigenvalue weighted by Gasteiger charge is 2.58. The molecule has 0 spiro atoms. The van der Waals surface area contributed by atoms with Crippen molar-refractivity contribution in [2.45, 2.75) is 69.7 Å². The maximum atomic E-state index is 13.3. The summed E-state index contributed by atoms with van der Waals surface area (Å²) in [5.41, 5.74) is 12.2.